The number of morpholine rings is 1. The lowest BCUT2D eigenvalue weighted by molar-refractivity contribution is 0.0949. The third kappa shape index (κ3) is 5.16. The van der Waals surface area contributed by atoms with Gasteiger partial charge in [-0.25, -0.2) is 4.98 Å². The summed E-state index contributed by atoms with van der Waals surface area (Å²) >= 11 is 0. The van der Waals surface area contributed by atoms with Crippen molar-refractivity contribution in [2.75, 3.05) is 31.2 Å². The topological polar surface area (TPSA) is 136 Å². The van der Waals surface area contributed by atoms with Gasteiger partial charge in [0.05, 0.1) is 30.8 Å². The Morgan fingerprint density at radius 3 is 2.64 bits per heavy atom. The Kier molecular flexibility index (Phi) is 6.92. The van der Waals surface area contributed by atoms with Crippen molar-refractivity contribution in [2.24, 2.45) is 11.5 Å². The maximum Gasteiger partial charge on any atom is 0.269 e. The first-order chi connectivity index (χ1) is 16.1. The van der Waals surface area contributed by atoms with Gasteiger partial charge >= 0.3 is 0 Å². The lowest BCUT2D eigenvalue weighted by atomic mass is 10.1. The molecule has 1 saturated heterocycles. The van der Waals surface area contributed by atoms with Gasteiger partial charge in [-0.15, -0.1) is 0 Å². The number of aromatic nitrogens is 2. The molecule has 0 spiro atoms. The summed E-state index contributed by atoms with van der Waals surface area (Å²) in [5, 5.41) is 3.00. The Labute approximate surface area is 191 Å². The summed E-state index contributed by atoms with van der Waals surface area (Å²) in [5.74, 6) is -0.909. The Hall–Kier alpha value is -3.82. The lowest BCUT2D eigenvalue weighted by Crippen LogP contribution is -2.37. The molecule has 0 aliphatic carbocycles. The molecule has 9 heteroatoms. The van der Waals surface area contributed by atoms with Crippen LogP contribution in [-0.2, 0) is 17.8 Å². The minimum Gasteiger partial charge on any atom is -0.378 e. The molecule has 0 unspecified atom stereocenters. The predicted molar refractivity (Wildman–Crippen MR) is 125 cm³/mol. The van der Waals surface area contributed by atoms with Gasteiger partial charge in [-0.2, -0.15) is 0 Å². The largest absolute Gasteiger partial charge is 0.378 e. The summed E-state index contributed by atoms with van der Waals surface area (Å²) < 4.78 is 5.45. The zero-order valence-electron chi connectivity index (χ0n) is 18.2. The predicted octanol–water partition coefficient (Wildman–Crippen LogP) is 1.47. The van der Waals surface area contributed by atoms with Crippen LogP contribution < -0.4 is 21.7 Å². The van der Waals surface area contributed by atoms with Crippen LogP contribution in [0.5, 0.6) is 0 Å². The zero-order chi connectivity index (χ0) is 23.2. The van der Waals surface area contributed by atoms with Crippen LogP contribution in [0.25, 0.3) is 11.3 Å². The second-order valence-electron chi connectivity index (χ2n) is 7.61. The molecule has 1 aliphatic heterocycles. The van der Waals surface area contributed by atoms with E-state index in [-0.39, 0.29) is 18.1 Å². The first kappa shape index (κ1) is 22.4. The molecule has 1 aromatic heterocycles. The van der Waals surface area contributed by atoms with E-state index in [1.54, 1.807) is 24.3 Å². The van der Waals surface area contributed by atoms with Crippen LogP contribution in [0.2, 0.25) is 0 Å². The molecule has 3 aromatic rings. The quantitative estimate of drug-likeness (QED) is 0.500. The van der Waals surface area contributed by atoms with Crippen molar-refractivity contribution in [1.29, 1.82) is 0 Å². The van der Waals surface area contributed by atoms with Crippen LogP contribution in [0, 0.1) is 0 Å². The number of primary amides is 1. The molecule has 5 N–H and O–H groups in total. The molecule has 2 heterocycles. The number of nitrogens with zero attached hydrogens (tertiary/aromatic N) is 3. The number of amides is 2. The SMILES string of the molecule is NCc1ncc(-c2cccc(C(=O)NCc3ccccc3N3CCOCC3)c2)nc1C(N)=O. The van der Waals surface area contributed by atoms with Gasteiger partial charge in [-0.05, 0) is 23.8 Å². The van der Waals surface area contributed by atoms with Gasteiger partial charge in [0, 0.05) is 43.0 Å². The van der Waals surface area contributed by atoms with Crippen molar-refractivity contribution in [3.05, 3.63) is 77.2 Å². The average Bonchev–Trinajstić information content (AvgIpc) is 2.87. The number of nitrogens with two attached hydrogens (primary N) is 2. The summed E-state index contributed by atoms with van der Waals surface area (Å²) in [6, 6.07) is 15.0. The molecule has 2 aromatic carbocycles. The van der Waals surface area contributed by atoms with E-state index in [1.807, 2.05) is 18.2 Å². The molecule has 0 bridgehead atoms. The lowest BCUT2D eigenvalue weighted by Gasteiger charge is -2.30. The number of ether oxygens (including phenoxy) is 1. The molecule has 33 heavy (non-hydrogen) atoms. The van der Waals surface area contributed by atoms with E-state index < -0.39 is 5.91 Å². The molecule has 4 rings (SSSR count). The summed E-state index contributed by atoms with van der Waals surface area (Å²) in [4.78, 5) is 35.4. The fraction of sp³-hybridized carbons (Fsp3) is 0.250. The van der Waals surface area contributed by atoms with Crippen molar-refractivity contribution in [3.63, 3.8) is 0 Å². The van der Waals surface area contributed by atoms with Gasteiger partial charge in [0.2, 0.25) is 0 Å². The molecule has 170 valence electrons. The average molecular weight is 447 g/mol. The highest BCUT2D eigenvalue weighted by Gasteiger charge is 2.16. The summed E-state index contributed by atoms with van der Waals surface area (Å²) in [7, 11) is 0. The van der Waals surface area contributed by atoms with E-state index in [4.69, 9.17) is 16.2 Å². The number of benzene rings is 2. The standard InChI is InChI=1S/C24H26N6O3/c25-13-19-22(23(26)31)29-20(15-27-19)16-5-3-6-17(12-16)24(32)28-14-18-4-1-2-7-21(18)30-8-10-33-11-9-30/h1-7,12,15H,8-11,13-14,25H2,(H2,26,31)(H,28,32). The number of para-hydroxylation sites is 1. The monoisotopic (exact) mass is 446 g/mol. The Bertz CT molecular complexity index is 1160. The van der Waals surface area contributed by atoms with Crippen LogP contribution in [0.15, 0.2) is 54.7 Å². The van der Waals surface area contributed by atoms with Crippen LogP contribution in [0.3, 0.4) is 0 Å². The van der Waals surface area contributed by atoms with E-state index in [1.165, 1.54) is 6.20 Å². The minimum absolute atomic E-state index is 0.0320. The molecular formula is C24H26N6O3. The fourth-order valence-corrected chi connectivity index (χ4v) is 3.77. The molecule has 9 nitrogen and oxygen atoms in total. The van der Waals surface area contributed by atoms with Gasteiger partial charge in [-0.3, -0.25) is 14.6 Å². The summed E-state index contributed by atoms with van der Waals surface area (Å²) in [6.07, 6.45) is 1.52. The molecule has 0 radical (unpaired) electrons. The number of hydrogen-bond donors (Lipinski definition) is 3. The first-order valence-electron chi connectivity index (χ1n) is 10.7. The third-order valence-corrected chi connectivity index (χ3v) is 5.48. The van der Waals surface area contributed by atoms with Crippen molar-refractivity contribution in [1.82, 2.24) is 15.3 Å². The number of rotatable bonds is 7. The third-order valence-electron chi connectivity index (χ3n) is 5.48. The van der Waals surface area contributed by atoms with Crippen molar-refractivity contribution < 1.29 is 14.3 Å². The molecule has 1 aliphatic rings. The van der Waals surface area contributed by atoms with Gasteiger partial charge < -0.3 is 26.4 Å². The van der Waals surface area contributed by atoms with Crippen molar-refractivity contribution in [2.45, 2.75) is 13.1 Å². The normalized spacial score (nSPS) is 13.5. The van der Waals surface area contributed by atoms with E-state index in [0.29, 0.717) is 42.3 Å². The zero-order valence-corrected chi connectivity index (χ0v) is 18.2. The molecular weight excluding hydrogens is 420 g/mol. The second kappa shape index (κ2) is 10.2. The van der Waals surface area contributed by atoms with Gasteiger partial charge in [0.15, 0.2) is 5.69 Å². The molecule has 0 saturated carbocycles. The van der Waals surface area contributed by atoms with Crippen LogP contribution >= 0.6 is 0 Å². The summed E-state index contributed by atoms with van der Waals surface area (Å²) in [6.45, 7) is 3.49. The van der Waals surface area contributed by atoms with E-state index in [0.717, 1.165) is 24.3 Å². The minimum atomic E-state index is -0.697. The number of carbonyl (C=O) groups excluding carboxylic acids is 2. The highest BCUT2D eigenvalue weighted by atomic mass is 16.5. The maximum absolute atomic E-state index is 12.9. The molecule has 2 amide bonds. The smallest absolute Gasteiger partial charge is 0.269 e. The number of anilines is 1. The maximum atomic E-state index is 12.9. The van der Waals surface area contributed by atoms with Crippen LogP contribution in [0.4, 0.5) is 5.69 Å². The first-order valence-corrected chi connectivity index (χ1v) is 10.7. The second-order valence-corrected chi connectivity index (χ2v) is 7.61. The molecule has 1 fully saturated rings. The van der Waals surface area contributed by atoms with E-state index in [2.05, 4.69) is 26.3 Å². The molecule has 0 atom stereocenters. The van der Waals surface area contributed by atoms with Crippen molar-refractivity contribution in [3.8, 4) is 11.3 Å². The van der Waals surface area contributed by atoms with Gasteiger partial charge in [0.25, 0.3) is 11.8 Å². The van der Waals surface area contributed by atoms with Gasteiger partial charge in [-0.1, -0.05) is 30.3 Å². The van der Waals surface area contributed by atoms with Crippen LogP contribution in [-0.4, -0.2) is 48.1 Å². The highest BCUT2D eigenvalue weighted by Crippen LogP contribution is 2.22. The van der Waals surface area contributed by atoms with E-state index >= 15 is 0 Å². The number of hydrogen-bond acceptors (Lipinski definition) is 7. The van der Waals surface area contributed by atoms with E-state index in [9.17, 15) is 9.59 Å². The Morgan fingerprint density at radius 2 is 1.88 bits per heavy atom. The Morgan fingerprint density at radius 1 is 1.09 bits per heavy atom. The number of nitrogens with one attached hydrogen (secondary N) is 1. The van der Waals surface area contributed by atoms with Gasteiger partial charge in [0.1, 0.15) is 0 Å². The highest BCUT2D eigenvalue weighted by molar-refractivity contribution is 5.95. The van der Waals surface area contributed by atoms with Crippen molar-refractivity contribution >= 4 is 17.5 Å². The fourth-order valence-electron chi connectivity index (χ4n) is 3.77. The number of carbonyl (C=O) groups is 2. The Balaban J connectivity index is 1.51. The van der Waals surface area contributed by atoms with Crippen LogP contribution in [0.1, 0.15) is 32.1 Å². The summed E-state index contributed by atoms with van der Waals surface area (Å²) in [5.41, 5.74) is 15.1.